The van der Waals surface area contributed by atoms with Gasteiger partial charge in [-0.1, -0.05) is 0 Å². The molecule has 112 valence electrons. The maximum absolute atomic E-state index is 13.2. The van der Waals surface area contributed by atoms with Crippen molar-refractivity contribution in [1.82, 2.24) is 4.90 Å². The van der Waals surface area contributed by atoms with Crippen LogP contribution in [0.5, 0.6) is 0 Å². The third-order valence-corrected chi connectivity index (χ3v) is 3.48. The monoisotopic (exact) mass is 294 g/mol. The van der Waals surface area contributed by atoms with E-state index in [0.29, 0.717) is 18.3 Å². The van der Waals surface area contributed by atoms with Crippen molar-refractivity contribution >= 4 is 23.2 Å². The van der Waals surface area contributed by atoms with Crippen molar-refractivity contribution in [2.75, 3.05) is 12.4 Å². The first-order valence-corrected chi connectivity index (χ1v) is 6.44. The van der Waals surface area contributed by atoms with Crippen molar-refractivity contribution in [1.29, 1.82) is 0 Å². The highest BCUT2D eigenvalue weighted by molar-refractivity contribution is 6.00. The van der Waals surface area contributed by atoms with E-state index < -0.39 is 22.5 Å². The van der Waals surface area contributed by atoms with Gasteiger partial charge in [-0.25, -0.2) is 4.79 Å². The molecular formula is C13H15FN4O3. The van der Waals surface area contributed by atoms with Crippen molar-refractivity contribution < 1.29 is 14.1 Å². The number of nitro benzene ring substituents is 1. The number of likely N-dealkylation sites (tertiary alicyclic amines) is 1. The number of benzene rings is 1. The van der Waals surface area contributed by atoms with Crippen LogP contribution in [0.15, 0.2) is 23.2 Å². The Hall–Kier alpha value is -2.51. The maximum atomic E-state index is 13.2. The molecule has 0 bridgehead atoms. The van der Waals surface area contributed by atoms with Crippen LogP contribution >= 0.6 is 0 Å². The Morgan fingerprint density at radius 1 is 1.57 bits per heavy atom. The van der Waals surface area contributed by atoms with Crippen LogP contribution in [0, 0.1) is 15.9 Å². The highest BCUT2D eigenvalue weighted by atomic mass is 19.1. The molecule has 1 aliphatic rings. The number of urea groups is 1. The zero-order valence-electron chi connectivity index (χ0n) is 11.7. The molecule has 0 saturated carbocycles. The summed E-state index contributed by atoms with van der Waals surface area (Å²) in [7, 11) is 1.85. The van der Waals surface area contributed by atoms with Gasteiger partial charge in [0.25, 0.3) is 0 Å². The number of amides is 2. The number of rotatable bonds is 2. The summed E-state index contributed by atoms with van der Waals surface area (Å²) in [4.78, 5) is 27.4. The molecule has 1 atom stereocenters. The second kappa shape index (κ2) is 5.86. The summed E-state index contributed by atoms with van der Waals surface area (Å²) < 4.78 is 13.2. The van der Waals surface area contributed by atoms with Crippen molar-refractivity contribution in [3.8, 4) is 0 Å². The normalized spacial score (nSPS) is 19.9. The minimum absolute atomic E-state index is 0.131. The number of nitrogens with one attached hydrogen (secondary N) is 1. The van der Waals surface area contributed by atoms with E-state index >= 15 is 0 Å². The van der Waals surface area contributed by atoms with E-state index in [0.717, 1.165) is 18.6 Å². The van der Waals surface area contributed by atoms with Crippen LogP contribution in [0.2, 0.25) is 0 Å². The highest BCUT2D eigenvalue weighted by Gasteiger charge is 2.23. The molecule has 7 nitrogen and oxygen atoms in total. The van der Waals surface area contributed by atoms with Crippen LogP contribution in [0.4, 0.5) is 20.6 Å². The molecule has 21 heavy (non-hydrogen) atoms. The molecule has 1 unspecified atom stereocenters. The van der Waals surface area contributed by atoms with Crippen LogP contribution in [-0.2, 0) is 0 Å². The van der Waals surface area contributed by atoms with E-state index in [1.54, 1.807) is 0 Å². The molecule has 2 rings (SSSR count). The molecular weight excluding hydrogens is 279 g/mol. The zero-order valence-corrected chi connectivity index (χ0v) is 11.7. The van der Waals surface area contributed by atoms with E-state index in [-0.39, 0.29) is 5.69 Å². The van der Waals surface area contributed by atoms with E-state index in [4.69, 9.17) is 0 Å². The number of carbonyl (C=O) groups is 1. The predicted octanol–water partition coefficient (Wildman–Crippen LogP) is 2.78. The fraction of sp³-hybridized carbons (Fsp3) is 0.385. The van der Waals surface area contributed by atoms with E-state index in [1.165, 1.54) is 6.07 Å². The lowest BCUT2D eigenvalue weighted by Gasteiger charge is -2.17. The van der Waals surface area contributed by atoms with Crippen LogP contribution in [0.3, 0.4) is 0 Å². The van der Waals surface area contributed by atoms with Gasteiger partial charge in [-0.05, 0) is 25.5 Å². The minimum Gasteiger partial charge on any atom is -0.360 e. The van der Waals surface area contributed by atoms with Gasteiger partial charge >= 0.3 is 11.7 Å². The lowest BCUT2D eigenvalue weighted by molar-refractivity contribution is -0.387. The predicted molar refractivity (Wildman–Crippen MR) is 76.0 cm³/mol. The number of hydrogen-bond acceptors (Lipinski definition) is 3. The Balaban J connectivity index is 2.12. The first-order valence-electron chi connectivity index (χ1n) is 6.44. The molecule has 1 saturated heterocycles. The summed E-state index contributed by atoms with van der Waals surface area (Å²) in [6, 6.07) is 2.84. The number of hydrogen-bond donors (Lipinski definition) is 1. The van der Waals surface area contributed by atoms with Gasteiger partial charge in [0.15, 0.2) is 0 Å². The average molecular weight is 294 g/mol. The highest BCUT2D eigenvalue weighted by Crippen LogP contribution is 2.22. The molecule has 8 heteroatoms. The molecule has 1 aromatic carbocycles. The third-order valence-electron chi connectivity index (χ3n) is 3.48. The fourth-order valence-corrected chi connectivity index (χ4v) is 2.10. The van der Waals surface area contributed by atoms with Gasteiger partial charge in [0.1, 0.15) is 5.84 Å². The molecule has 1 aromatic rings. The zero-order chi connectivity index (χ0) is 15.6. The quantitative estimate of drug-likeness (QED) is 0.671. The van der Waals surface area contributed by atoms with E-state index in [2.05, 4.69) is 10.3 Å². The first-order chi connectivity index (χ1) is 9.88. The summed E-state index contributed by atoms with van der Waals surface area (Å²) in [5, 5.41) is 13.0. The molecule has 2 amide bonds. The van der Waals surface area contributed by atoms with Crippen molar-refractivity contribution in [3.63, 3.8) is 0 Å². The van der Waals surface area contributed by atoms with Gasteiger partial charge in [-0.2, -0.15) is 9.38 Å². The molecule has 1 N–H and O–H groups in total. The first kappa shape index (κ1) is 14.9. The second-order valence-corrected chi connectivity index (χ2v) is 4.88. The Morgan fingerprint density at radius 3 is 2.86 bits per heavy atom. The Bertz CT molecular complexity index is 617. The molecule has 1 heterocycles. The van der Waals surface area contributed by atoms with Gasteiger partial charge in [0.05, 0.1) is 4.92 Å². The van der Waals surface area contributed by atoms with Crippen LogP contribution in [0.25, 0.3) is 0 Å². The fourth-order valence-electron chi connectivity index (χ4n) is 2.10. The lowest BCUT2D eigenvalue weighted by Crippen LogP contribution is -2.27. The van der Waals surface area contributed by atoms with Crippen LogP contribution in [0.1, 0.15) is 19.8 Å². The number of nitrogens with zero attached hydrogens (tertiary/aromatic N) is 3. The summed E-state index contributed by atoms with van der Waals surface area (Å²) in [5.41, 5.74) is -0.557. The molecule has 0 radical (unpaired) electrons. The average Bonchev–Trinajstić information content (AvgIpc) is 2.72. The number of aliphatic imine (C=N–C) groups is 1. The van der Waals surface area contributed by atoms with Gasteiger partial charge in [-0.15, -0.1) is 0 Å². The van der Waals surface area contributed by atoms with Crippen molar-refractivity contribution in [3.05, 3.63) is 34.1 Å². The Morgan fingerprint density at radius 2 is 2.29 bits per heavy atom. The van der Waals surface area contributed by atoms with Gasteiger partial charge in [0, 0.05) is 31.3 Å². The van der Waals surface area contributed by atoms with Crippen LogP contribution < -0.4 is 5.32 Å². The van der Waals surface area contributed by atoms with E-state index in [1.807, 2.05) is 18.9 Å². The number of halogens is 1. The standard InChI is InChI=1S/C13H15FN4O3/c1-8-3-6-12(17(8)2)16-13(19)15-9-4-5-10(14)11(7-9)18(20)21/h4-5,7-8H,3,6H2,1-2H3,(H,15,19). The van der Waals surface area contributed by atoms with Crippen molar-refractivity contribution in [2.45, 2.75) is 25.8 Å². The lowest BCUT2D eigenvalue weighted by atomic mass is 10.2. The summed E-state index contributed by atoms with van der Waals surface area (Å²) in [6.07, 6.45) is 1.62. The summed E-state index contributed by atoms with van der Waals surface area (Å²) >= 11 is 0. The van der Waals surface area contributed by atoms with Gasteiger partial charge in [0.2, 0.25) is 5.82 Å². The number of amidine groups is 1. The molecule has 1 fully saturated rings. The van der Waals surface area contributed by atoms with E-state index in [9.17, 15) is 19.3 Å². The molecule has 1 aliphatic heterocycles. The summed E-state index contributed by atoms with van der Waals surface area (Å²) in [5.74, 6) is -0.287. The molecule has 0 aromatic heterocycles. The minimum atomic E-state index is -0.950. The molecule has 0 spiro atoms. The largest absolute Gasteiger partial charge is 0.360 e. The third kappa shape index (κ3) is 3.33. The number of carbonyl (C=O) groups excluding carboxylic acids is 1. The number of anilines is 1. The SMILES string of the molecule is CC1CCC(=NC(=O)Nc2ccc(F)c([N+](=O)[O-])c2)N1C. The Labute approximate surface area is 120 Å². The van der Waals surface area contributed by atoms with Crippen LogP contribution in [-0.4, -0.2) is 34.8 Å². The maximum Gasteiger partial charge on any atom is 0.347 e. The van der Waals surface area contributed by atoms with Gasteiger partial charge in [-0.3, -0.25) is 10.1 Å². The number of nitro groups is 1. The molecule has 0 aliphatic carbocycles. The second-order valence-electron chi connectivity index (χ2n) is 4.88. The van der Waals surface area contributed by atoms with Gasteiger partial charge < -0.3 is 10.2 Å². The summed E-state index contributed by atoms with van der Waals surface area (Å²) in [6.45, 7) is 2.03. The smallest absolute Gasteiger partial charge is 0.347 e. The Kier molecular flexibility index (Phi) is 4.15. The van der Waals surface area contributed by atoms with Crippen molar-refractivity contribution in [2.24, 2.45) is 4.99 Å². The topological polar surface area (TPSA) is 87.8 Å².